The predicted octanol–water partition coefficient (Wildman–Crippen LogP) is -0.679. The largest absolute Gasteiger partial charge is 0.291 e. The molecule has 0 amide bonds. The van der Waals surface area contributed by atoms with Gasteiger partial charge in [-0.25, -0.2) is 0 Å². The zero-order chi connectivity index (χ0) is 8.23. The van der Waals surface area contributed by atoms with E-state index in [0.717, 1.165) is 26.2 Å². The molecule has 0 saturated carbocycles. The van der Waals surface area contributed by atoms with Crippen molar-refractivity contribution in [2.45, 2.75) is 11.0 Å². The van der Waals surface area contributed by atoms with Crippen molar-refractivity contribution >= 4 is 21.6 Å². The summed E-state index contributed by atoms with van der Waals surface area (Å²) in [7, 11) is 3.70. The first kappa shape index (κ1) is 9.11. The van der Waals surface area contributed by atoms with E-state index in [1.807, 2.05) is 21.6 Å². The van der Waals surface area contributed by atoms with Crippen molar-refractivity contribution in [2.75, 3.05) is 26.2 Å². The molecule has 2 fully saturated rings. The summed E-state index contributed by atoms with van der Waals surface area (Å²) in [6, 6.07) is 0. The van der Waals surface area contributed by atoms with Crippen LogP contribution in [0.4, 0.5) is 0 Å². The van der Waals surface area contributed by atoms with Crippen LogP contribution in [0.3, 0.4) is 0 Å². The molecule has 4 N–H and O–H groups in total. The molecule has 4 nitrogen and oxygen atoms in total. The molecule has 0 spiro atoms. The fourth-order valence-electron chi connectivity index (χ4n) is 1.20. The fourth-order valence-corrected chi connectivity index (χ4v) is 3.65. The molecule has 0 aromatic heterocycles. The molecule has 2 rings (SSSR count). The Morgan fingerprint density at radius 2 is 1.00 bits per heavy atom. The van der Waals surface area contributed by atoms with E-state index in [1.54, 1.807) is 0 Å². The summed E-state index contributed by atoms with van der Waals surface area (Å²) in [5.74, 6) is 0. The van der Waals surface area contributed by atoms with E-state index < -0.39 is 0 Å². The third kappa shape index (κ3) is 2.51. The highest BCUT2D eigenvalue weighted by Gasteiger charge is 2.18. The van der Waals surface area contributed by atoms with Gasteiger partial charge in [0.2, 0.25) is 0 Å². The molecule has 2 saturated heterocycles. The molecule has 2 aliphatic rings. The molecule has 6 heteroatoms. The maximum Gasteiger partial charge on any atom is 0.116 e. The monoisotopic (exact) mass is 206 g/mol. The van der Waals surface area contributed by atoms with E-state index in [-0.39, 0.29) is 0 Å². The molecule has 70 valence electrons. The van der Waals surface area contributed by atoms with Crippen LogP contribution >= 0.6 is 21.6 Å². The van der Waals surface area contributed by atoms with Crippen molar-refractivity contribution in [3.8, 4) is 0 Å². The van der Waals surface area contributed by atoms with Crippen molar-refractivity contribution in [3.05, 3.63) is 0 Å². The number of hydrogen-bond donors (Lipinski definition) is 4. The Bertz CT molecular complexity index is 118. The highest BCUT2D eigenvalue weighted by atomic mass is 33.1. The van der Waals surface area contributed by atoms with Gasteiger partial charge in [0, 0.05) is 26.2 Å². The zero-order valence-electron chi connectivity index (χ0n) is 6.80. The maximum absolute atomic E-state index is 3.36. The molecule has 0 aromatic carbocycles. The van der Waals surface area contributed by atoms with Gasteiger partial charge in [-0.1, -0.05) is 21.6 Å². The van der Waals surface area contributed by atoms with Crippen LogP contribution in [0.15, 0.2) is 0 Å². The molecule has 12 heavy (non-hydrogen) atoms. The highest BCUT2D eigenvalue weighted by Crippen LogP contribution is 2.28. The Balaban J connectivity index is 1.60. The smallest absolute Gasteiger partial charge is 0.116 e. The van der Waals surface area contributed by atoms with Crippen molar-refractivity contribution in [3.63, 3.8) is 0 Å². The average molecular weight is 206 g/mol. The van der Waals surface area contributed by atoms with Crippen molar-refractivity contribution < 1.29 is 0 Å². The van der Waals surface area contributed by atoms with Crippen molar-refractivity contribution in [1.82, 2.24) is 21.3 Å². The molecule has 0 unspecified atom stereocenters. The maximum atomic E-state index is 3.36. The zero-order valence-corrected chi connectivity index (χ0v) is 8.43. The summed E-state index contributed by atoms with van der Waals surface area (Å²) in [4.78, 5) is 0. The van der Waals surface area contributed by atoms with Crippen LogP contribution in [0.5, 0.6) is 0 Å². The van der Waals surface area contributed by atoms with E-state index in [9.17, 15) is 0 Å². The Morgan fingerprint density at radius 1 is 0.667 bits per heavy atom. The quantitative estimate of drug-likeness (QED) is 0.459. The second-order valence-electron chi connectivity index (χ2n) is 2.77. The minimum atomic E-state index is 0.430. The van der Waals surface area contributed by atoms with E-state index in [4.69, 9.17) is 0 Å². The normalized spacial score (nSPS) is 27.0. The standard InChI is InChI=1S/C6H14N4S2/c1-2-8-5(7-1)11-12-6-9-3-4-10-6/h5-10H,1-4H2. The molecule has 0 radical (unpaired) electrons. The van der Waals surface area contributed by atoms with Crippen molar-refractivity contribution in [2.24, 2.45) is 0 Å². The van der Waals surface area contributed by atoms with Gasteiger partial charge in [0.25, 0.3) is 0 Å². The molecule has 2 heterocycles. The molecule has 0 bridgehead atoms. The molecular formula is C6H14N4S2. The van der Waals surface area contributed by atoms with Gasteiger partial charge in [-0.3, -0.25) is 21.3 Å². The lowest BCUT2D eigenvalue weighted by molar-refractivity contribution is 0.742. The Kier molecular flexibility index (Phi) is 3.56. The van der Waals surface area contributed by atoms with E-state index in [0.29, 0.717) is 11.0 Å². The Morgan fingerprint density at radius 3 is 1.33 bits per heavy atom. The topological polar surface area (TPSA) is 48.1 Å². The molecule has 0 aliphatic carbocycles. The summed E-state index contributed by atoms with van der Waals surface area (Å²) in [6.45, 7) is 4.35. The SMILES string of the molecule is C1CNC(SSC2NCCN2)N1. The van der Waals surface area contributed by atoms with Crippen LogP contribution in [-0.4, -0.2) is 37.2 Å². The predicted molar refractivity (Wildman–Crippen MR) is 54.8 cm³/mol. The number of rotatable bonds is 3. The third-order valence-electron chi connectivity index (χ3n) is 1.82. The fraction of sp³-hybridized carbons (Fsp3) is 1.00. The van der Waals surface area contributed by atoms with Gasteiger partial charge in [-0.05, 0) is 0 Å². The third-order valence-corrected chi connectivity index (χ3v) is 4.47. The summed E-state index contributed by atoms with van der Waals surface area (Å²) in [5, 5.41) is 13.4. The second kappa shape index (κ2) is 4.69. The first-order valence-electron chi connectivity index (χ1n) is 4.21. The first-order valence-corrected chi connectivity index (χ1v) is 6.48. The molecule has 0 atom stereocenters. The van der Waals surface area contributed by atoms with Gasteiger partial charge < -0.3 is 0 Å². The summed E-state index contributed by atoms with van der Waals surface area (Å²) < 4.78 is 0. The van der Waals surface area contributed by atoms with Crippen LogP contribution in [0.2, 0.25) is 0 Å². The molecule has 0 aromatic rings. The van der Waals surface area contributed by atoms with Crippen LogP contribution in [0.1, 0.15) is 0 Å². The van der Waals surface area contributed by atoms with Crippen LogP contribution < -0.4 is 21.3 Å². The van der Waals surface area contributed by atoms with Gasteiger partial charge in [-0.2, -0.15) is 0 Å². The minimum Gasteiger partial charge on any atom is -0.291 e. The lowest BCUT2D eigenvalue weighted by Gasteiger charge is -2.13. The van der Waals surface area contributed by atoms with Crippen LogP contribution in [0, 0.1) is 0 Å². The second-order valence-corrected chi connectivity index (χ2v) is 5.25. The summed E-state index contributed by atoms with van der Waals surface area (Å²) in [6.07, 6.45) is 0. The van der Waals surface area contributed by atoms with E-state index in [1.165, 1.54) is 0 Å². The van der Waals surface area contributed by atoms with Gasteiger partial charge in [0.15, 0.2) is 0 Å². The molecule has 2 aliphatic heterocycles. The van der Waals surface area contributed by atoms with Crippen LogP contribution in [0.25, 0.3) is 0 Å². The van der Waals surface area contributed by atoms with Crippen molar-refractivity contribution in [1.29, 1.82) is 0 Å². The number of hydrogen-bond acceptors (Lipinski definition) is 6. The van der Waals surface area contributed by atoms with Crippen LogP contribution in [-0.2, 0) is 0 Å². The van der Waals surface area contributed by atoms with E-state index in [2.05, 4.69) is 21.3 Å². The lowest BCUT2D eigenvalue weighted by Crippen LogP contribution is -2.30. The molecular weight excluding hydrogens is 192 g/mol. The summed E-state index contributed by atoms with van der Waals surface area (Å²) >= 11 is 0. The lowest BCUT2D eigenvalue weighted by atomic mass is 10.7. The Labute approximate surface area is 80.4 Å². The highest BCUT2D eigenvalue weighted by molar-refractivity contribution is 8.77. The van der Waals surface area contributed by atoms with E-state index >= 15 is 0 Å². The average Bonchev–Trinajstić information content (AvgIpc) is 2.74. The van der Waals surface area contributed by atoms with Gasteiger partial charge in [0.1, 0.15) is 11.0 Å². The first-order chi connectivity index (χ1) is 5.95. The minimum absolute atomic E-state index is 0.430. The number of nitrogens with one attached hydrogen (secondary N) is 4. The summed E-state index contributed by atoms with van der Waals surface area (Å²) in [5.41, 5.74) is 0.860. The van der Waals surface area contributed by atoms with Gasteiger partial charge in [-0.15, -0.1) is 0 Å². The van der Waals surface area contributed by atoms with Gasteiger partial charge in [0.05, 0.1) is 0 Å². The Hall–Kier alpha value is 0.540. The van der Waals surface area contributed by atoms with Gasteiger partial charge >= 0.3 is 0 Å².